The van der Waals surface area contributed by atoms with Gasteiger partial charge in [-0.05, 0) is 30.7 Å². The summed E-state index contributed by atoms with van der Waals surface area (Å²) in [5.74, 6) is -1.27. The molecule has 0 spiro atoms. The van der Waals surface area contributed by atoms with Gasteiger partial charge in [-0.3, -0.25) is 14.6 Å². The average Bonchev–Trinajstić information content (AvgIpc) is 2.89. The van der Waals surface area contributed by atoms with E-state index in [1.807, 2.05) is 0 Å². The number of carbonyl (C=O) groups is 2. The number of amides is 1. The molecule has 1 aromatic heterocycles. The fourth-order valence-corrected chi connectivity index (χ4v) is 4.04. The van der Waals surface area contributed by atoms with Crippen LogP contribution in [0.15, 0.2) is 42.6 Å². The number of rotatable bonds is 10. The van der Waals surface area contributed by atoms with Gasteiger partial charge in [0.2, 0.25) is 0 Å². The lowest BCUT2D eigenvalue weighted by Crippen LogP contribution is -2.24. The molecule has 0 radical (unpaired) electrons. The third-order valence-corrected chi connectivity index (χ3v) is 6.10. The molecule has 0 saturated carbocycles. The Labute approximate surface area is 230 Å². The molecule has 0 aliphatic heterocycles. The van der Waals surface area contributed by atoms with Gasteiger partial charge in [0.1, 0.15) is 17.2 Å². The van der Waals surface area contributed by atoms with E-state index < -0.39 is 23.7 Å². The average molecular weight is 582 g/mol. The zero-order valence-corrected chi connectivity index (χ0v) is 21.7. The second-order valence-corrected chi connectivity index (χ2v) is 8.82. The number of pyridine rings is 1. The number of methoxy groups -OCH3 is 1. The number of halogens is 5. The Kier molecular flexibility index (Phi) is 9.61. The monoisotopic (exact) mass is 581 g/mol. The van der Waals surface area contributed by atoms with E-state index in [2.05, 4.69) is 10.3 Å². The first-order valence-corrected chi connectivity index (χ1v) is 12.0. The molecule has 0 aliphatic rings. The Morgan fingerprint density at radius 3 is 2.51 bits per heavy atom. The lowest BCUT2D eigenvalue weighted by molar-refractivity contribution is -0.141. The summed E-state index contributed by atoms with van der Waals surface area (Å²) in [6.45, 7) is -0.116. The molecule has 39 heavy (non-hydrogen) atoms. The van der Waals surface area contributed by atoms with Gasteiger partial charge in [0, 0.05) is 46.9 Å². The van der Waals surface area contributed by atoms with E-state index in [9.17, 15) is 28.0 Å². The standard InChI is InChI=1S/C26H20Cl2F3N3O5/c1-38-21-5-2-4-19(27)18(21)13-34-25(37)16-9-15(20(28)10-22(16)39-7-3-6-24(35)36)17-12-33-23(26(29,30)31)8-14(17)11-32/h2,4-5,8-10,12H,3,6-7,13H2,1H3,(H,34,37)(H,35,36). The van der Waals surface area contributed by atoms with Crippen molar-refractivity contribution in [2.45, 2.75) is 25.6 Å². The summed E-state index contributed by atoms with van der Waals surface area (Å²) in [6.07, 6.45) is -3.96. The first-order valence-electron chi connectivity index (χ1n) is 11.2. The number of carboxylic acids is 1. The number of carbonyl (C=O) groups excluding carboxylic acids is 1. The van der Waals surface area contributed by atoms with Crippen molar-refractivity contribution in [1.82, 2.24) is 10.3 Å². The molecule has 1 heterocycles. The Morgan fingerprint density at radius 2 is 1.87 bits per heavy atom. The van der Waals surface area contributed by atoms with Crippen molar-refractivity contribution in [3.63, 3.8) is 0 Å². The van der Waals surface area contributed by atoms with Crippen molar-refractivity contribution >= 4 is 35.1 Å². The molecule has 0 atom stereocenters. The van der Waals surface area contributed by atoms with Gasteiger partial charge < -0.3 is 19.9 Å². The maximum absolute atomic E-state index is 13.3. The van der Waals surface area contributed by atoms with E-state index >= 15 is 0 Å². The number of aromatic nitrogens is 1. The molecule has 0 fully saturated rings. The summed E-state index contributed by atoms with van der Waals surface area (Å²) >= 11 is 12.6. The quantitative estimate of drug-likeness (QED) is 0.276. The van der Waals surface area contributed by atoms with Crippen LogP contribution in [0.1, 0.15) is 40.0 Å². The number of aliphatic carboxylic acids is 1. The number of ether oxygens (including phenoxy) is 2. The highest BCUT2D eigenvalue weighted by Crippen LogP contribution is 2.38. The zero-order valence-electron chi connectivity index (χ0n) is 20.2. The van der Waals surface area contributed by atoms with Crippen molar-refractivity contribution in [3.05, 3.63) is 75.0 Å². The Hall–Kier alpha value is -4.01. The Morgan fingerprint density at radius 1 is 1.13 bits per heavy atom. The largest absolute Gasteiger partial charge is 0.496 e. The van der Waals surface area contributed by atoms with Crippen LogP contribution in [0, 0.1) is 11.3 Å². The molecule has 0 bridgehead atoms. The van der Waals surface area contributed by atoms with Crippen molar-refractivity contribution < 1.29 is 37.3 Å². The van der Waals surface area contributed by atoms with E-state index in [0.29, 0.717) is 22.4 Å². The van der Waals surface area contributed by atoms with E-state index in [4.69, 9.17) is 37.8 Å². The molecule has 3 rings (SSSR count). The van der Waals surface area contributed by atoms with Crippen LogP contribution in [0.2, 0.25) is 10.0 Å². The van der Waals surface area contributed by atoms with Crippen LogP contribution >= 0.6 is 23.2 Å². The molecule has 204 valence electrons. The minimum Gasteiger partial charge on any atom is -0.496 e. The topological polar surface area (TPSA) is 122 Å². The van der Waals surface area contributed by atoms with Gasteiger partial charge in [-0.1, -0.05) is 29.3 Å². The molecule has 1 amide bonds. The molecule has 0 saturated heterocycles. The van der Waals surface area contributed by atoms with Crippen molar-refractivity contribution in [3.8, 4) is 28.7 Å². The maximum atomic E-state index is 13.3. The lowest BCUT2D eigenvalue weighted by Gasteiger charge is -2.17. The number of nitrogens with one attached hydrogen (secondary N) is 1. The SMILES string of the molecule is COc1cccc(Cl)c1CNC(=O)c1cc(-c2cnc(C(F)(F)F)cc2C#N)c(Cl)cc1OCCCC(=O)O. The second-order valence-electron chi connectivity index (χ2n) is 8.00. The molecule has 13 heteroatoms. The molecule has 3 aromatic rings. The number of hydrogen-bond donors (Lipinski definition) is 2. The minimum atomic E-state index is -4.77. The van der Waals surface area contributed by atoms with Gasteiger partial charge in [0.05, 0.1) is 35.9 Å². The molecule has 2 N–H and O–H groups in total. The summed E-state index contributed by atoms with van der Waals surface area (Å²) < 4.78 is 50.3. The van der Waals surface area contributed by atoms with Crippen LogP contribution in [-0.4, -0.2) is 35.7 Å². The van der Waals surface area contributed by atoms with Gasteiger partial charge in [0.15, 0.2) is 0 Å². The molecule has 2 aromatic carbocycles. The van der Waals surface area contributed by atoms with Crippen LogP contribution in [0.25, 0.3) is 11.1 Å². The third-order valence-electron chi connectivity index (χ3n) is 5.43. The minimum absolute atomic E-state index is 0.00357. The highest BCUT2D eigenvalue weighted by Gasteiger charge is 2.33. The summed E-state index contributed by atoms with van der Waals surface area (Å²) in [4.78, 5) is 27.5. The van der Waals surface area contributed by atoms with Crippen LogP contribution in [0.3, 0.4) is 0 Å². The smallest absolute Gasteiger partial charge is 0.433 e. The number of nitrogens with zero attached hydrogens (tertiary/aromatic N) is 2. The third kappa shape index (κ3) is 7.31. The first-order chi connectivity index (χ1) is 18.5. The fourth-order valence-electron chi connectivity index (χ4n) is 3.55. The first kappa shape index (κ1) is 29.5. The molecular weight excluding hydrogens is 562 g/mol. The van der Waals surface area contributed by atoms with Gasteiger partial charge in [-0.25, -0.2) is 0 Å². The predicted molar refractivity (Wildman–Crippen MR) is 136 cm³/mol. The Balaban J connectivity index is 2.03. The number of nitriles is 1. The summed E-state index contributed by atoms with van der Waals surface area (Å²) in [7, 11) is 1.44. The Bertz CT molecular complexity index is 1440. The van der Waals surface area contributed by atoms with E-state index in [1.165, 1.54) is 19.2 Å². The van der Waals surface area contributed by atoms with Crippen LogP contribution in [0.5, 0.6) is 11.5 Å². The summed E-state index contributed by atoms with van der Waals surface area (Å²) in [5.41, 5.74) is -1.17. The fraction of sp³-hybridized carbons (Fsp3) is 0.231. The van der Waals surface area contributed by atoms with Crippen molar-refractivity contribution in [1.29, 1.82) is 5.26 Å². The zero-order chi connectivity index (χ0) is 28.7. The molecule has 0 aliphatic carbocycles. The van der Waals surface area contributed by atoms with E-state index in [-0.39, 0.29) is 59.0 Å². The van der Waals surface area contributed by atoms with Gasteiger partial charge >= 0.3 is 12.1 Å². The maximum Gasteiger partial charge on any atom is 0.433 e. The van der Waals surface area contributed by atoms with Gasteiger partial charge in [0.25, 0.3) is 5.91 Å². The van der Waals surface area contributed by atoms with Gasteiger partial charge in [-0.15, -0.1) is 0 Å². The van der Waals surface area contributed by atoms with E-state index in [0.717, 1.165) is 6.20 Å². The van der Waals surface area contributed by atoms with Crippen LogP contribution < -0.4 is 14.8 Å². The van der Waals surface area contributed by atoms with Crippen LogP contribution in [-0.2, 0) is 17.5 Å². The lowest BCUT2D eigenvalue weighted by atomic mass is 9.98. The van der Waals surface area contributed by atoms with Crippen molar-refractivity contribution in [2.75, 3.05) is 13.7 Å². The van der Waals surface area contributed by atoms with Gasteiger partial charge in [-0.2, -0.15) is 18.4 Å². The number of benzene rings is 2. The summed E-state index contributed by atoms with van der Waals surface area (Å²) in [5, 5.41) is 21.3. The van der Waals surface area contributed by atoms with Crippen molar-refractivity contribution in [2.24, 2.45) is 0 Å². The molecule has 0 unspecified atom stereocenters. The number of carboxylic acid groups (broad SMARTS) is 1. The highest BCUT2D eigenvalue weighted by atomic mass is 35.5. The molecule has 8 nitrogen and oxygen atoms in total. The number of hydrogen-bond acceptors (Lipinski definition) is 6. The van der Waals surface area contributed by atoms with Crippen LogP contribution in [0.4, 0.5) is 13.2 Å². The molecular formula is C26H20Cl2F3N3O5. The number of alkyl halides is 3. The van der Waals surface area contributed by atoms with E-state index in [1.54, 1.807) is 24.3 Å². The summed E-state index contributed by atoms with van der Waals surface area (Å²) in [6, 6.07) is 9.76. The highest BCUT2D eigenvalue weighted by molar-refractivity contribution is 6.34. The normalized spacial score (nSPS) is 11.0. The second kappa shape index (κ2) is 12.7. The predicted octanol–water partition coefficient (Wildman–Crippen LogP) is 6.13.